The van der Waals surface area contributed by atoms with Crippen LogP contribution >= 0.6 is 0 Å². The molecule has 0 aliphatic carbocycles. The van der Waals surface area contributed by atoms with Crippen LogP contribution in [0.4, 0.5) is 27.9 Å². The zero-order valence-electron chi connectivity index (χ0n) is 19.8. The van der Waals surface area contributed by atoms with Gasteiger partial charge in [0.25, 0.3) is 5.92 Å². The molecule has 0 unspecified atom stereocenters. The van der Waals surface area contributed by atoms with E-state index in [4.69, 9.17) is 4.74 Å². The van der Waals surface area contributed by atoms with Gasteiger partial charge in [0.2, 0.25) is 17.7 Å². The second-order valence-electron chi connectivity index (χ2n) is 8.78. The van der Waals surface area contributed by atoms with Gasteiger partial charge in [0.1, 0.15) is 23.1 Å². The van der Waals surface area contributed by atoms with Gasteiger partial charge in [-0.25, -0.2) is 18.0 Å². The summed E-state index contributed by atoms with van der Waals surface area (Å²) >= 11 is 0. The third kappa shape index (κ3) is 4.27. The van der Waals surface area contributed by atoms with E-state index in [9.17, 15) is 26.7 Å². The minimum Gasteiger partial charge on any atom is -0.479 e. The Labute approximate surface area is 206 Å². The molecule has 1 saturated heterocycles. The molecule has 5 rings (SSSR count). The van der Waals surface area contributed by atoms with E-state index in [1.807, 2.05) is 0 Å². The fourth-order valence-electron chi connectivity index (χ4n) is 4.29. The summed E-state index contributed by atoms with van der Waals surface area (Å²) < 4.78 is 76.4. The molecule has 1 fully saturated rings. The average Bonchev–Trinajstić information content (AvgIpc) is 3.52. The maximum atomic E-state index is 14.5. The molecule has 2 atom stereocenters. The standard InChI is InChI=1S/C22H21F5N8O2/c1-11(22(25,26)27)35-16-8-13(4-5-15(16)30-32-35)14-6-7-34-18(14)19(37-3)29-20(31-34)28-17-9-33(12(2)36)10-21(17,23)24/h4-8,11,17H,9-10H2,1-3H3,(H,28,31)/t11-,17+/m0/s1. The SMILES string of the molecule is COc1nc(N[C@@H]2CN(C(C)=O)CC2(F)F)nn2ccc(-c3ccc4nnn([C@@H](C)C(F)(F)F)c4c3)c12. The number of hydrogen-bond acceptors (Lipinski definition) is 7. The van der Waals surface area contributed by atoms with E-state index in [-0.39, 0.29) is 29.4 Å². The molecular weight excluding hydrogens is 503 g/mol. The smallest absolute Gasteiger partial charge is 0.410 e. The quantitative estimate of drug-likeness (QED) is 0.399. The number of halogens is 5. The molecule has 1 aromatic carbocycles. The highest BCUT2D eigenvalue weighted by atomic mass is 19.4. The molecule has 1 aliphatic rings. The highest BCUT2D eigenvalue weighted by Gasteiger charge is 2.49. The van der Waals surface area contributed by atoms with Crippen molar-refractivity contribution in [3.8, 4) is 17.0 Å². The van der Waals surface area contributed by atoms with Crippen molar-refractivity contribution in [2.75, 3.05) is 25.5 Å². The molecule has 37 heavy (non-hydrogen) atoms. The van der Waals surface area contributed by atoms with Crippen molar-refractivity contribution < 1.29 is 31.5 Å². The van der Waals surface area contributed by atoms with Gasteiger partial charge in [0, 0.05) is 25.2 Å². The molecule has 1 aliphatic heterocycles. The lowest BCUT2D eigenvalue weighted by molar-refractivity contribution is -0.164. The Kier molecular flexibility index (Phi) is 5.68. The lowest BCUT2D eigenvalue weighted by atomic mass is 10.1. The largest absolute Gasteiger partial charge is 0.479 e. The number of carbonyl (C=O) groups is 1. The summed E-state index contributed by atoms with van der Waals surface area (Å²) in [5.74, 6) is -3.75. The monoisotopic (exact) mass is 524 g/mol. The first-order valence-electron chi connectivity index (χ1n) is 11.1. The fourth-order valence-corrected chi connectivity index (χ4v) is 4.29. The van der Waals surface area contributed by atoms with Crippen molar-refractivity contribution >= 4 is 28.4 Å². The molecule has 3 aromatic heterocycles. The summed E-state index contributed by atoms with van der Waals surface area (Å²) in [5, 5.41) is 14.3. The summed E-state index contributed by atoms with van der Waals surface area (Å²) in [6, 6.07) is 3.09. The number of fused-ring (bicyclic) bond motifs is 2. The van der Waals surface area contributed by atoms with E-state index in [1.54, 1.807) is 24.4 Å². The van der Waals surface area contributed by atoms with Crippen molar-refractivity contribution in [3.63, 3.8) is 0 Å². The number of hydrogen-bond donors (Lipinski definition) is 1. The van der Waals surface area contributed by atoms with Crippen molar-refractivity contribution in [2.24, 2.45) is 0 Å². The number of rotatable bonds is 5. The normalized spacial score (nSPS) is 18.5. The lowest BCUT2D eigenvalue weighted by Gasteiger charge is -2.19. The zero-order valence-corrected chi connectivity index (χ0v) is 19.8. The molecule has 0 bridgehead atoms. The lowest BCUT2D eigenvalue weighted by Crippen LogP contribution is -2.38. The zero-order chi connectivity index (χ0) is 26.7. The maximum Gasteiger partial charge on any atom is 0.410 e. The van der Waals surface area contributed by atoms with Crippen LogP contribution in [0.3, 0.4) is 0 Å². The molecule has 4 heterocycles. The Morgan fingerprint density at radius 2 is 2.03 bits per heavy atom. The molecule has 0 saturated carbocycles. The van der Waals surface area contributed by atoms with Crippen LogP contribution < -0.4 is 10.1 Å². The van der Waals surface area contributed by atoms with Crippen LogP contribution in [0.25, 0.3) is 27.7 Å². The van der Waals surface area contributed by atoms with Crippen LogP contribution in [0.5, 0.6) is 5.88 Å². The first-order chi connectivity index (χ1) is 17.4. The van der Waals surface area contributed by atoms with Crippen LogP contribution in [0, 0.1) is 0 Å². The average molecular weight is 524 g/mol. The second-order valence-corrected chi connectivity index (χ2v) is 8.78. The van der Waals surface area contributed by atoms with Gasteiger partial charge < -0.3 is 15.0 Å². The number of anilines is 1. The van der Waals surface area contributed by atoms with E-state index in [2.05, 4.69) is 25.7 Å². The van der Waals surface area contributed by atoms with Gasteiger partial charge in [-0.05, 0) is 30.7 Å². The summed E-state index contributed by atoms with van der Waals surface area (Å²) in [6.45, 7) is 1.27. The number of benzene rings is 1. The number of nitrogens with one attached hydrogen (secondary N) is 1. The van der Waals surface area contributed by atoms with E-state index in [0.29, 0.717) is 16.6 Å². The molecule has 0 spiro atoms. The van der Waals surface area contributed by atoms with Crippen LogP contribution in [0.2, 0.25) is 0 Å². The van der Waals surface area contributed by atoms with Gasteiger partial charge in [0.05, 0.1) is 19.2 Å². The van der Waals surface area contributed by atoms with Crippen molar-refractivity contribution in [1.82, 2.24) is 34.5 Å². The molecule has 15 heteroatoms. The van der Waals surface area contributed by atoms with Crippen molar-refractivity contribution in [3.05, 3.63) is 30.5 Å². The van der Waals surface area contributed by atoms with Gasteiger partial charge >= 0.3 is 6.18 Å². The highest BCUT2D eigenvalue weighted by Crippen LogP contribution is 2.36. The predicted octanol–water partition coefficient (Wildman–Crippen LogP) is 3.55. The van der Waals surface area contributed by atoms with Gasteiger partial charge in [-0.2, -0.15) is 18.2 Å². The molecular formula is C22H21F5N8O2. The molecule has 196 valence electrons. The number of amides is 1. The van der Waals surface area contributed by atoms with Crippen LogP contribution in [-0.2, 0) is 4.79 Å². The molecule has 10 nitrogen and oxygen atoms in total. The second kappa shape index (κ2) is 8.52. The predicted molar refractivity (Wildman–Crippen MR) is 121 cm³/mol. The Hall–Kier alpha value is -4.04. The molecule has 1 N–H and O–H groups in total. The molecule has 4 aromatic rings. The minimum atomic E-state index is -4.52. The first-order valence-corrected chi connectivity index (χ1v) is 11.1. The van der Waals surface area contributed by atoms with Gasteiger partial charge in [0.15, 0.2) is 0 Å². The highest BCUT2D eigenvalue weighted by molar-refractivity contribution is 5.89. The summed E-state index contributed by atoms with van der Waals surface area (Å²) in [5.41, 5.74) is 1.90. The molecule has 1 amide bonds. The number of methoxy groups -OCH3 is 1. The number of aromatic nitrogens is 6. The number of alkyl halides is 5. The number of likely N-dealkylation sites (tertiary alicyclic amines) is 1. The minimum absolute atomic E-state index is 0.0534. The molecule has 0 radical (unpaired) electrons. The summed E-state index contributed by atoms with van der Waals surface area (Å²) in [6.07, 6.45) is -2.97. The van der Waals surface area contributed by atoms with Gasteiger partial charge in [-0.1, -0.05) is 11.3 Å². The summed E-state index contributed by atoms with van der Waals surface area (Å²) in [4.78, 5) is 16.8. The third-order valence-corrected chi connectivity index (χ3v) is 6.36. The van der Waals surface area contributed by atoms with E-state index in [1.165, 1.54) is 24.6 Å². The fraction of sp³-hybridized carbons (Fsp3) is 0.409. The number of carbonyl (C=O) groups excluding carboxylic acids is 1. The Balaban J connectivity index is 1.53. The van der Waals surface area contributed by atoms with E-state index in [0.717, 1.165) is 16.5 Å². The van der Waals surface area contributed by atoms with E-state index >= 15 is 0 Å². The van der Waals surface area contributed by atoms with Crippen molar-refractivity contribution in [2.45, 2.75) is 38.0 Å². The van der Waals surface area contributed by atoms with Gasteiger partial charge in [-0.3, -0.25) is 4.79 Å². The number of ether oxygens (including phenoxy) is 1. The third-order valence-electron chi connectivity index (χ3n) is 6.36. The van der Waals surface area contributed by atoms with Crippen molar-refractivity contribution in [1.29, 1.82) is 0 Å². The van der Waals surface area contributed by atoms with Crippen LogP contribution in [-0.4, -0.2) is 78.7 Å². The maximum absolute atomic E-state index is 14.5. The topological polar surface area (TPSA) is 102 Å². The Morgan fingerprint density at radius 1 is 1.27 bits per heavy atom. The Bertz CT molecular complexity index is 1500. The Morgan fingerprint density at radius 3 is 2.68 bits per heavy atom. The van der Waals surface area contributed by atoms with Crippen LogP contribution in [0.15, 0.2) is 30.5 Å². The van der Waals surface area contributed by atoms with Gasteiger partial charge in [-0.15, -0.1) is 10.2 Å². The number of nitrogens with zero attached hydrogens (tertiary/aromatic N) is 7. The first kappa shape index (κ1) is 24.6. The van der Waals surface area contributed by atoms with Crippen LogP contribution in [0.1, 0.15) is 19.9 Å². The van der Waals surface area contributed by atoms with E-state index < -0.39 is 36.6 Å². The summed E-state index contributed by atoms with van der Waals surface area (Å²) in [7, 11) is 1.34.